The van der Waals surface area contributed by atoms with E-state index in [1.54, 1.807) is 12.1 Å². The molecule has 4 rings (SSSR count). The van der Waals surface area contributed by atoms with Crippen LogP contribution < -0.4 is 5.32 Å². The predicted octanol–water partition coefficient (Wildman–Crippen LogP) is 5.52. The van der Waals surface area contributed by atoms with Gasteiger partial charge in [-0.1, -0.05) is 43.6 Å². The number of rotatable bonds is 4. The fraction of sp³-hybridized carbons (Fsp3) is 0.478. The molecule has 0 unspecified atom stereocenters. The van der Waals surface area contributed by atoms with Crippen molar-refractivity contribution in [3.63, 3.8) is 0 Å². The Morgan fingerprint density at radius 2 is 1.85 bits per heavy atom. The van der Waals surface area contributed by atoms with E-state index < -0.39 is 0 Å². The highest BCUT2D eigenvalue weighted by molar-refractivity contribution is 6.30. The molecule has 1 aliphatic heterocycles. The van der Waals surface area contributed by atoms with Crippen LogP contribution in [0.25, 0.3) is 0 Å². The second kappa shape index (κ2) is 7.54. The largest absolute Gasteiger partial charge is 0.309 e. The molecular formula is C23H28ClFN2. The van der Waals surface area contributed by atoms with E-state index in [0.29, 0.717) is 12.0 Å². The lowest BCUT2D eigenvalue weighted by Crippen LogP contribution is -2.60. The number of nitrogens with one attached hydrogen (secondary N) is 1. The molecule has 2 aromatic carbocycles. The first-order valence-corrected chi connectivity index (χ1v) is 10.5. The Bertz CT molecular complexity index is 801. The van der Waals surface area contributed by atoms with Gasteiger partial charge < -0.3 is 5.32 Å². The highest BCUT2D eigenvalue weighted by atomic mass is 35.5. The number of benzene rings is 2. The van der Waals surface area contributed by atoms with Crippen LogP contribution in [0.3, 0.4) is 0 Å². The SMILES string of the molecule is CCC1(CC)CN([C@@H]2C[C@@H](c3ccc(F)cc3)c3ccc(Cl)cc32)CCN1. The normalized spacial score (nSPS) is 24.7. The molecule has 1 saturated heterocycles. The lowest BCUT2D eigenvalue weighted by atomic mass is 9.89. The van der Waals surface area contributed by atoms with Crippen molar-refractivity contribution in [2.24, 2.45) is 0 Å². The van der Waals surface area contributed by atoms with E-state index >= 15 is 0 Å². The topological polar surface area (TPSA) is 15.3 Å². The van der Waals surface area contributed by atoms with Crippen LogP contribution in [-0.2, 0) is 0 Å². The minimum absolute atomic E-state index is 0.178. The Morgan fingerprint density at radius 1 is 1.11 bits per heavy atom. The summed E-state index contributed by atoms with van der Waals surface area (Å²) in [7, 11) is 0. The molecule has 0 aromatic heterocycles. The summed E-state index contributed by atoms with van der Waals surface area (Å²) in [5, 5.41) is 4.56. The summed E-state index contributed by atoms with van der Waals surface area (Å²) in [6.45, 7) is 7.69. The van der Waals surface area contributed by atoms with E-state index in [1.165, 1.54) is 16.7 Å². The molecule has 1 fully saturated rings. The third kappa shape index (κ3) is 3.53. The van der Waals surface area contributed by atoms with Gasteiger partial charge in [-0.25, -0.2) is 4.39 Å². The van der Waals surface area contributed by atoms with Crippen LogP contribution in [0.1, 0.15) is 61.8 Å². The number of piperazine rings is 1. The molecule has 0 bridgehead atoms. The summed E-state index contributed by atoms with van der Waals surface area (Å²) in [5.41, 5.74) is 4.08. The lowest BCUT2D eigenvalue weighted by molar-refractivity contribution is 0.0844. The Labute approximate surface area is 166 Å². The van der Waals surface area contributed by atoms with Crippen molar-refractivity contribution in [2.75, 3.05) is 19.6 Å². The third-order valence-electron chi connectivity index (χ3n) is 6.71. The van der Waals surface area contributed by atoms with Crippen LogP contribution in [0.4, 0.5) is 4.39 Å². The van der Waals surface area contributed by atoms with E-state index in [4.69, 9.17) is 11.6 Å². The van der Waals surface area contributed by atoms with Gasteiger partial charge >= 0.3 is 0 Å². The fourth-order valence-corrected chi connectivity index (χ4v) is 5.14. The van der Waals surface area contributed by atoms with Crippen molar-refractivity contribution in [3.05, 3.63) is 70.0 Å². The molecule has 1 heterocycles. The Balaban J connectivity index is 1.68. The molecule has 2 atom stereocenters. The zero-order chi connectivity index (χ0) is 19.0. The molecule has 2 nitrogen and oxygen atoms in total. The minimum atomic E-state index is -0.178. The summed E-state index contributed by atoms with van der Waals surface area (Å²) < 4.78 is 13.4. The van der Waals surface area contributed by atoms with Crippen LogP contribution in [0.5, 0.6) is 0 Å². The average molecular weight is 387 g/mol. The highest BCUT2D eigenvalue weighted by Gasteiger charge is 2.40. The van der Waals surface area contributed by atoms with Gasteiger partial charge in [-0.2, -0.15) is 0 Å². The van der Waals surface area contributed by atoms with Gasteiger partial charge in [0.05, 0.1) is 0 Å². The zero-order valence-corrected chi connectivity index (χ0v) is 16.9. The van der Waals surface area contributed by atoms with Crippen molar-refractivity contribution < 1.29 is 4.39 Å². The summed E-state index contributed by atoms with van der Waals surface area (Å²) in [6, 6.07) is 13.7. The maximum Gasteiger partial charge on any atom is 0.123 e. The molecule has 1 aliphatic carbocycles. The van der Waals surface area contributed by atoms with Crippen molar-refractivity contribution in [1.29, 1.82) is 0 Å². The highest BCUT2D eigenvalue weighted by Crippen LogP contribution is 2.48. The number of fused-ring (bicyclic) bond motifs is 1. The van der Waals surface area contributed by atoms with E-state index in [1.807, 2.05) is 18.2 Å². The number of hydrogen-bond donors (Lipinski definition) is 1. The van der Waals surface area contributed by atoms with Gasteiger partial charge in [0.25, 0.3) is 0 Å². The zero-order valence-electron chi connectivity index (χ0n) is 16.1. The number of nitrogens with zero attached hydrogens (tertiary/aromatic N) is 1. The summed E-state index contributed by atoms with van der Waals surface area (Å²) in [4.78, 5) is 2.64. The number of hydrogen-bond acceptors (Lipinski definition) is 2. The smallest absolute Gasteiger partial charge is 0.123 e. The van der Waals surface area contributed by atoms with Crippen molar-refractivity contribution in [1.82, 2.24) is 10.2 Å². The first kappa shape index (κ1) is 18.9. The predicted molar refractivity (Wildman–Crippen MR) is 110 cm³/mol. The van der Waals surface area contributed by atoms with Gasteiger partial charge in [-0.05, 0) is 60.2 Å². The minimum Gasteiger partial charge on any atom is -0.309 e. The molecule has 0 spiro atoms. The van der Waals surface area contributed by atoms with Crippen LogP contribution in [0.2, 0.25) is 5.02 Å². The first-order chi connectivity index (χ1) is 13.0. The van der Waals surface area contributed by atoms with E-state index in [9.17, 15) is 4.39 Å². The van der Waals surface area contributed by atoms with Gasteiger partial charge in [-0.3, -0.25) is 4.90 Å². The molecular weight excluding hydrogens is 359 g/mol. The standard InChI is InChI=1S/C23H28ClFN2/c1-3-23(4-2)15-27(12-11-26-23)22-14-20(16-5-8-18(25)9-6-16)19-10-7-17(24)13-21(19)22/h5-10,13,20,22,26H,3-4,11-12,14-15H2,1-2H3/t20-,22+/m0/s1. The molecule has 2 aliphatic rings. The molecule has 0 saturated carbocycles. The van der Waals surface area contributed by atoms with Gasteiger partial charge in [0.15, 0.2) is 0 Å². The summed E-state index contributed by atoms with van der Waals surface area (Å²) in [5.74, 6) is 0.123. The van der Waals surface area contributed by atoms with E-state index in [2.05, 4.69) is 36.2 Å². The second-order valence-electron chi connectivity index (χ2n) is 8.01. The summed E-state index contributed by atoms with van der Waals surface area (Å²) >= 11 is 6.37. The molecule has 4 heteroatoms. The van der Waals surface area contributed by atoms with Crippen LogP contribution in [0.15, 0.2) is 42.5 Å². The fourth-order valence-electron chi connectivity index (χ4n) is 4.96. The Morgan fingerprint density at radius 3 is 2.56 bits per heavy atom. The second-order valence-corrected chi connectivity index (χ2v) is 8.45. The van der Waals surface area contributed by atoms with Gasteiger partial charge in [0.1, 0.15) is 5.82 Å². The Hall–Kier alpha value is -1.42. The van der Waals surface area contributed by atoms with E-state index in [0.717, 1.165) is 43.9 Å². The van der Waals surface area contributed by atoms with Crippen molar-refractivity contribution in [2.45, 2.75) is 50.6 Å². The van der Waals surface area contributed by atoms with E-state index in [-0.39, 0.29) is 11.4 Å². The third-order valence-corrected chi connectivity index (χ3v) is 6.95. The number of halogens is 2. The van der Waals surface area contributed by atoms with Gasteiger partial charge in [-0.15, -0.1) is 0 Å². The van der Waals surface area contributed by atoms with Crippen LogP contribution >= 0.6 is 11.6 Å². The molecule has 144 valence electrons. The Kier molecular flexibility index (Phi) is 5.28. The average Bonchev–Trinajstić information content (AvgIpc) is 3.07. The lowest BCUT2D eigenvalue weighted by Gasteiger charge is -2.45. The van der Waals surface area contributed by atoms with Gasteiger partial charge in [0, 0.05) is 42.2 Å². The molecule has 1 N–H and O–H groups in total. The molecule has 27 heavy (non-hydrogen) atoms. The maximum absolute atomic E-state index is 13.4. The van der Waals surface area contributed by atoms with Gasteiger partial charge in [0.2, 0.25) is 0 Å². The molecule has 0 amide bonds. The molecule has 0 radical (unpaired) electrons. The van der Waals surface area contributed by atoms with Crippen LogP contribution in [-0.4, -0.2) is 30.1 Å². The summed E-state index contributed by atoms with van der Waals surface area (Å²) in [6.07, 6.45) is 3.30. The quantitative estimate of drug-likeness (QED) is 0.744. The first-order valence-electron chi connectivity index (χ1n) is 10.1. The molecule has 2 aromatic rings. The maximum atomic E-state index is 13.4. The van der Waals surface area contributed by atoms with Crippen molar-refractivity contribution >= 4 is 11.6 Å². The van der Waals surface area contributed by atoms with Crippen molar-refractivity contribution in [3.8, 4) is 0 Å². The monoisotopic (exact) mass is 386 g/mol. The van der Waals surface area contributed by atoms with Crippen LogP contribution in [0, 0.1) is 5.82 Å².